The molecule has 3 nitrogen and oxygen atoms in total. The molecule has 1 aliphatic rings. The second-order valence-electron chi connectivity index (χ2n) is 3.90. The monoisotopic (exact) mass is 201 g/mol. The fourth-order valence-corrected chi connectivity index (χ4v) is 1.58. The van der Waals surface area contributed by atoms with Crippen molar-refractivity contribution in [3.05, 3.63) is 0 Å². The van der Waals surface area contributed by atoms with Crippen molar-refractivity contribution in [1.82, 2.24) is 5.32 Å². The molecule has 1 saturated carbocycles. The van der Waals surface area contributed by atoms with Crippen molar-refractivity contribution >= 4 is 0 Å². The van der Waals surface area contributed by atoms with Crippen LogP contribution in [-0.4, -0.2) is 32.1 Å². The third kappa shape index (κ3) is 4.40. The van der Waals surface area contributed by atoms with E-state index in [1.807, 2.05) is 13.8 Å². The van der Waals surface area contributed by atoms with Gasteiger partial charge in [-0.2, -0.15) is 0 Å². The third-order valence-electron chi connectivity index (χ3n) is 2.60. The Hall–Kier alpha value is -0.120. The molecule has 1 rings (SSSR count). The van der Waals surface area contributed by atoms with Crippen LogP contribution in [0.1, 0.15) is 33.6 Å². The van der Waals surface area contributed by atoms with E-state index in [9.17, 15) is 0 Å². The minimum atomic E-state index is -0.0217. The molecule has 0 aromatic heterocycles. The molecule has 84 valence electrons. The van der Waals surface area contributed by atoms with Gasteiger partial charge in [0.25, 0.3) is 0 Å². The smallest absolute Gasteiger partial charge is 0.158 e. The Morgan fingerprint density at radius 1 is 1.29 bits per heavy atom. The Morgan fingerprint density at radius 2 is 1.86 bits per heavy atom. The van der Waals surface area contributed by atoms with Crippen LogP contribution in [0.5, 0.6) is 0 Å². The van der Waals surface area contributed by atoms with E-state index in [-0.39, 0.29) is 6.29 Å². The molecule has 14 heavy (non-hydrogen) atoms. The van der Waals surface area contributed by atoms with Crippen molar-refractivity contribution in [2.24, 2.45) is 5.92 Å². The zero-order valence-corrected chi connectivity index (χ0v) is 9.58. The maximum atomic E-state index is 5.45. The van der Waals surface area contributed by atoms with Crippen molar-refractivity contribution in [3.8, 4) is 0 Å². The fourth-order valence-electron chi connectivity index (χ4n) is 1.58. The minimum absolute atomic E-state index is 0.0217. The van der Waals surface area contributed by atoms with Gasteiger partial charge < -0.3 is 14.8 Å². The van der Waals surface area contributed by atoms with Gasteiger partial charge in [-0.3, -0.25) is 0 Å². The average Bonchev–Trinajstić information content (AvgIpc) is 2.83. The second-order valence-corrected chi connectivity index (χ2v) is 3.90. The summed E-state index contributed by atoms with van der Waals surface area (Å²) in [5.74, 6) is 0.868. The maximum absolute atomic E-state index is 5.45. The van der Waals surface area contributed by atoms with Gasteiger partial charge >= 0.3 is 0 Å². The van der Waals surface area contributed by atoms with Crippen LogP contribution in [0.4, 0.5) is 0 Å². The molecule has 0 aromatic carbocycles. The van der Waals surface area contributed by atoms with Gasteiger partial charge in [-0.05, 0) is 26.2 Å². The van der Waals surface area contributed by atoms with Gasteiger partial charge in [0.15, 0.2) is 6.29 Å². The van der Waals surface area contributed by atoms with E-state index >= 15 is 0 Å². The van der Waals surface area contributed by atoms with E-state index in [4.69, 9.17) is 9.47 Å². The van der Waals surface area contributed by atoms with Crippen LogP contribution < -0.4 is 5.32 Å². The van der Waals surface area contributed by atoms with Crippen LogP contribution in [0.3, 0.4) is 0 Å². The SMILES string of the molecule is CCOC(CCNC1CC1C)OCC. The van der Waals surface area contributed by atoms with Crippen LogP contribution in [0, 0.1) is 5.92 Å². The predicted molar refractivity (Wildman–Crippen MR) is 57.2 cm³/mol. The summed E-state index contributed by atoms with van der Waals surface area (Å²) < 4.78 is 10.9. The lowest BCUT2D eigenvalue weighted by molar-refractivity contribution is -0.138. The fraction of sp³-hybridized carbons (Fsp3) is 1.00. The van der Waals surface area contributed by atoms with Crippen LogP contribution in [-0.2, 0) is 9.47 Å². The molecule has 1 aliphatic carbocycles. The van der Waals surface area contributed by atoms with Gasteiger partial charge in [0, 0.05) is 32.2 Å². The molecule has 0 spiro atoms. The normalized spacial score (nSPS) is 25.7. The van der Waals surface area contributed by atoms with E-state index in [0.717, 1.165) is 38.1 Å². The summed E-state index contributed by atoms with van der Waals surface area (Å²) in [6.45, 7) is 8.74. The zero-order valence-electron chi connectivity index (χ0n) is 9.58. The van der Waals surface area contributed by atoms with Crippen molar-refractivity contribution in [2.45, 2.75) is 45.9 Å². The van der Waals surface area contributed by atoms with Gasteiger partial charge in [-0.1, -0.05) is 6.92 Å². The highest BCUT2D eigenvalue weighted by Crippen LogP contribution is 2.28. The van der Waals surface area contributed by atoms with Gasteiger partial charge in [0.2, 0.25) is 0 Å². The molecule has 0 aliphatic heterocycles. The first kappa shape index (κ1) is 12.0. The number of hydrogen-bond acceptors (Lipinski definition) is 3. The molecule has 2 atom stereocenters. The molecule has 2 unspecified atom stereocenters. The molecule has 0 bridgehead atoms. The number of hydrogen-bond donors (Lipinski definition) is 1. The van der Waals surface area contributed by atoms with E-state index < -0.39 is 0 Å². The Bertz CT molecular complexity index is 146. The summed E-state index contributed by atoms with van der Waals surface area (Å²) in [6, 6.07) is 0.749. The summed E-state index contributed by atoms with van der Waals surface area (Å²) >= 11 is 0. The number of rotatable bonds is 8. The van der Waals surface area contributed by atoms with Crippen LogP contribution in [0.25, 0.3) is 0 Å². The molecular formula is C11H23NO2. The number of nitrogens with one attached hydrogen (secondary N) is 1. The molecule has 1 fully saturated rings. The predicted octanol–water partition coefficient (Wildman–Crippen LogP) is 1.77. The highest BCUT2D eigenvalue weighted by Gasteiger charge is 2.31. The summed E-state index contributed by atoms with van der Waals surface area (Å²) in [6.07, 6.45) is 2.25. The van der Waals surface area contributed by atoms with E-state index in [1.54, 1.807) is 0 Å². The molecule has 0 aromatic rings. The second kappa shape index (κ2) is 6.38. The maximum Gasteiger partial charge on any atom is 0.158 e. The quantitative estimate of drug-likeness (QED) is 0.607. The summed E-state index contributed by atoms with van der Waals surface area (Å²) in [7, 11) is 0. The van der Waals surface area contributed by atoms with Crippen LogP contribution >= 0.6 is 0 Å². The first-order valence-corrected chi connectivity index (χ1v) is 5.74. The molecule has 0 saturated heterocycles. The highest BCUT2D eigenvalue weighted by atomic mass is 16.7. The molecular weight excluding hydrogens is 178 g/mol. The van der Waals surface area contributed by atoms with E-state index in [1.165, 1.54) is 6.42 Å². The zero-order chi connectivity index (χ0) is 10.4. The van der Waals surface area contributed by atoms with Gasteiger partial charge in [0.05, 0.1) is 0 Å². The van der Waals surface area contributed by atoms with Gasteiger partial charge in [-0.15, -0.1) is 0 Å². The first-order valence-electron chi connectivity index (χ1n) is 5.74. The van der Waals surface area contributed by atoms with Gasteiger partial charge in [-0.25, -0.2) is 0 Å². The number of ether oxygens (including phenoxy) is 2. The van der Waals surface area contributed by atoms with Crippen LogP contribution in [0.2, 0.25) is 0 Å². The Morgan fingerprint density at radius 3 is 2.29 bits per heavy atom. The van der Waals surface area contributed by atoms with Crippen molar-refractivity contribution in [3.63, 3.8) is 0 Å². The largest absolute Gasteiger partial charge is 0.353 e. The first-order chi connectivity index (χ1) is 6.77. The summed E-state index contributed by atoms with van der Waals surface area (Å²) in [4.78, 5) is 0. The third-order valence-corrected chi connectivity index (χ3v) is 2.60. The lowest BCUT2D eigenvalue weighted by Gasteiger charge is -2.16. The summed E-state index contributed by atoms with van der Waals surface area (Å²) in [5, 5.41) is 3.49. The van der Waals surface area contributed by atoms with Gasteiger partial charge in [0.1, 0.15) is 0 Å². The molecule has 0 radical (unpaired) electrons. The molecule has 0 amide bonds. The molecule has 1 N–H and O–H groups in total. The van der Waals surface area contributed by atoms with Crippen LogP contribution in [0.15, 0.2) is 0 Å². The Labute approximate surface area is 87.2 Å². The lowest BCUT2D eigenvalue weighted by atomic mass is 10.4. The topological polar surface area (TPSA) is 30.5 Å². The van der Waals surface area contributed by atoms with Crippen molar-refractivity contribution < 1.29 is 9.47 Å². The van der Waals surface area contributed by atoms with E-state index in [2.05, 4.69) is 12.2 Å². The molecule has 3 heteroatoms. The van der Waals surface area contributed by atoms with Crippen molar-refractivity contribution in [2.75, 3.05) is 19.8 Å². The Balaban J connectivity index is 2.00. The lowest BCUT2D eigenvalue weighted by Crippen LogP contribution is -2.26. The minimum Gasteiger partial charge on any atom is -0.353 e. The van der Waals surface area contributed by atoms with Crippen molar-refractivity contribution in [1.29, 1.82) is 0 Å². The molecule has 0 heterocycles. The highest BCUT2D eigenvalue weighted by molar-refractivity contribution is 4.89. The standard InChI is InChI=1S/C11H23NO2/c1-4-13-11(14-5-2)6-7-12-10-8-9(10)3/h9-12H,4-8H2,1-3H3. The van der Waals surface area contributed by atoms with E-state index in [0.29, 0.717) is 0 Å². The summed E-state index contributed by atoms with van der Waals surface area (Å²) in [5.41, 5.74) is 0. The Kier molecular flexibility index (Phi) is 5.45. The average molecular weight is 201 g/mol.